The number of rotatable bonds is 5. The lowest BCUT2D eigenvalue weighted by Gasteiger charge is -2.07. The second-order valence-corrected chi connectivity index (χ2v) is 6.51. The summed E-state index contributed by atoms with van der Waals surface area (Å²) in [5.41, 5.74) is 4.18. The van der Waals surface area contributed by atoms with E-state index in [-0.39, 0.29) is 23.7 Å². The molecule has 2 unspecified atom stereocenters. The molecule has 0 saturated heterocycles. The Balaban J connectivity index is 1.47. The molecule has 3 rings (SSSR count). The van der Waals surface area contributed by atoms with Gasteiger partial charge in [-0.25, -0.2) is 0 Å². The van der Waals surface area contributed by atoms with Crippen LogP contribution in [0.2, 0.25) is 0 Å². The molecule has 4 heteroatoms. The Kier molecular flexibility index (Phi) is 4.65. The first kappa shape index (κ1) is 16.2. The molecule has 1 aliphatic carbocycles. The molecule has 1 fully saturated rings. The third-order valence-electron chi connectivity index (χ3n) is 4.37. The largest absolute Gasteiger partial charge is 0.352 e. The Hall–Kier alpha value is -2.62. The van der Waals surface area contributed by atoms with Crippen molar-refractivity contribution in [2.45, 2.75) is 26.8 Å². The average molecular weight is 322 g/mol. The number of carbonyl (C=O) groups is 2. The van der Waals surface area contributed by atoms with E-state index in [4.69, 9.17) is 0 Å². The Morgan fingerprint density at radius 3 is 2.04 bits per heavy atom. The first-order valence-corrected chi connectivity index (χ1v) is 8.24. The molecule has 0 radical (unpaired) electrons. The highest BCUT2D eigenvalue weighted by atomic mass is 16.2. The third kappa shape index (κ3) is 4.02. The molecular formula is C20H22N2O2. The summed E-state index contributed by atoms with van der Waals surface area (Å²) in [7, 11) is 0. The van der Waals surface area contributed by atoms with Crippen LogP contribution in [0, 0.1) is 25.7 Å². The van der Waals surface area contributed by atoms with Crippen LogP contribution in [0.25, 0.3) is 0 Å². The van der Waals surface area contributed by atoms with Gasteiger partial charge >= 0.3 is 0 Å². The highest BCUT2D eigenvalue weighted by Crippen LogP contribution is 2.39. The Labute approximate surface area is 142 Å². The second kappa shape index (κ2) is 6.87. The zero-order chi connectivity index (χ0) is 17.1. The summed E-state index contributed by atoms with van der Waals surface area (Å²) in [6.45, 7) is 4.53. The molecule has 0 aliphatic heterocycles. The van der Waals surface area contributed by atoms with Crippen molar-refractivity contribution in [1.29, 1.82) is 0 Å². The summed E-state index contributed by atoms with van der Waals surface area (Å²) >= 11 is 0. The molecule has 2 aromatic rings. The van der Waals surface area contributed by atoms with Crippen LogP contribution >= 0.6 is 0 Å². The fourth-order valence-electron chi connectivity index (χ4n) is 2.67. The van der Waals surface area contributed by atoms with Gasteiger partial charge in [-0.2, -0.15) is 0 Å². The number of carbonyl (C=O) groups excluding carboxylic acids is 2. The topological polar surface area (TPSA) is 58.2 Å². The minimum absolute atomic E-state index is 0.0420. The predicted molar refractivity (Wildman–Crippen MR) is 94.4 cm³/mol. The van der Waals surface area contributed by atoms with Crippen molar-refractivity contribution >= 4 is 17.5 Å². The van der Waals surface area contributed by atoms with Crippen LogP contribution in [0.1, 0.15) is 23.1 Å². The van der Waals surface area contributed by atoms with Gasteiger partial charge in [-0.3, -0.25) is 9.59 Å². The van der Waals surface area contributed by atoms with E-state index >= 15 is 0 Å². The molecule has 0 spiro atoms. The van der Waals surface area contributed by atoms with Crippen LogP contribution in [0.4, 0.5) is 5.69 Å². The average Bonchev–Trinajstić information content (AvgIpc) is 3.37. The Bertz CT molecular complexity index is 735. The summed E-state index contributed by atoms with van der Waals surface area (Å²) in [6.07, 6.45) is 0.622. The van der Waals surface area contributed by atoms with Gasteiger partial charge in [-0.15, -0.1) is 0 Å². The SMILES string of the molecule is Cc1ccc(CNC(=O)C2CC2C(=O)Nc2ccc(C)cc2)cc1. The van der Waals surface area contributed by atoms with Crippen LogP contribution in [-0.2, 0) is 16.1 Å². The van der Waals surface area contributed by atoms with E-state index in [0.29, 0.717) is 13.0 Å². The van der Waals surface area contributed by atoms with Crippen molar-refractivity contribution in [1.82, 2.24) is 5.32 Å². The number of aryl methyl sites for hydroxylation is 2. The maximum Gasteiger partial charge on any atom is 0.228 e. The van der Waals surface area contributed by atoms with Crippen LogP contribution in [0.15, 0.2) is 48.5 Å². The normalized spacial score (nSPS) is 18.8. The molecule has 24 heavy (non-hydrogen) atoms. The number of nitrogens with one attached hydrogen (secondary N) is 2. The molecule has 0 aromatic heterocycles. The minimum Gasteiger partial charge on any atom is -0.352 e. The highest BCUT2D eigenvalue weighted by Gasteiger charge is 2.47. The summed E-state index contributed by atoms with van der Waals surface area (Å²) in [6, 6.07) is 15.7. The lowest BCUT2D eigenvalue weighted by Crippen LogP contribution is -2.27. The molecule has 4 nitrogen and oxygen atoms in total. The maximum absolute atomic E-state index is 12.2. The van der Waals surface area contributed by atoms with Gasteiger partial charge in [0, 0.05) is 12.2 Å². The van der Waals surface area contributed by atoms with Crippen molar-refractivity contribution in [2.75, 3.05) is 5.32 Å². The first-order chi connectivity index (χ1) is 11.5. The molecular weight excluding hydrogens is 300 g/mol. The van der Waals surface area contributed by atoms with Crippen LogP contribution in [0.5, 0.6) is 0 Å². The first-order valence-electron chi connectivity index (χ1n) is 8.24. The zero-order valence-electron chi connectivity index (χ0n) is 14.0. The molecule has 2 amide bonds. The quantitative estimate of drug-likeness (QED) is 0.888. The van der Waals surface area contributed by atoms with E-state index in [1.165, 1.54) is 5.56 Å². The van der Waals surface area contributed by atoms with Gasteiger partial charge in [0.05, 0.1) is 11.8 Å². The lowest BCUT2D eigenvalue weighted by molar-refractivity contribution is -0.125. The Morgan fingerprint density at radius 1 is 0.875 bits per heavy atom. The molecule has 0 bridgehead atoms. The molecule has 2 N–H and O–H groups in total. The monoisotopic (exact) mass is 322 g/mol. The van der Waals surface area contributed by atoms with E-state index in [0.717, 1.165) is 16.8 Å². The van der Waals surface area contributed by atoms with Gasteiger partial charge in [0.1, 0.15) is 0 Å². The van der Waals surface area contributed by atoms with Gasteiger partial charge in [0.15, 0.2) is 0 Å². The standard InChI is InChI=1S/C20H22N2O2/c1-13-3-7-15(8-4-13)12-21-19(23)17-11-18(17)20(24)22-16-9-5-14(2)6-10-16/h3-10,17-18H,11-12H2,1-2H3,(H,21,23)(H,22,24). The molecule has 1 aliphatic rings. The Morgan fingerprint density at radius 2 is 1.42 bits per heavy atom. The van der Waals surface area contributed by atoms with E-state index in [1.807, 2.05) is 62.4 Å². The van der Waals surface area contributed by atoms with Crippen molar-refractivity contribution < 1.29 is 9.59 Å². The molecule has 124 valence electrons. The highest BCUT2D eigenvalue weighted by molar-refractivity contribution is 5.99. The van der Waals surface area contributed by atoms with Crippen molar-refractivity contribution in [2.24, 2.45) is 11.8 Å². The molecule has 2 aromatic carbocycles. The second-order valence-electron chi connectivity index (χ2n) is 6.51. The number of benzene rings is 2. The van der Waals surface area contributed by atoms with Crippen LogP contribution < -0.4 is 10.6 Å². The molecule has 2 atom stereocenters. The summed E-state index contributed by atoms with van der Waals surface area (Å²) < 4.78 is 0. The maximum atomic E-state index is 12.2. The number of anilines is 1. The fraction of sp³-hybridized carbons (Fsp3) is 0.300. The fourth-order valence-corrected chi connectivity index (χ4v) is 2.67. The van der Waals surface area contributed by atoms with Crippen molar-refractivity contribution in [3.8, 4) is 0 Å². The number of hydrogen-bond donors (Lipinski definition) is 2. The number of amides is 2. The predicted octanol–water partition coefficient (Wildman–Crippen LogP) is 3.19. The van der Waals surface area contributed by atoms with Gasteiger partial charge in [0.25, 0.3) is 0 Å². The smallest absolute Gasteiger partial charge is 0.228 e. The van der Waals surface area contributed by atoms with E-state index in [9.17, 15) is 9.59 Å². The lowest BCUT2D eigenvalue weighted by atomic mass is 10.1. The summed E-state index contributed by atoms with van der Waals surface area (Å²) in [5, 5.41) is 5.79. The van der Waals surface area contributed by atoms with Gasteiger partial charge in [-0.05, 0) is 38.0 Å². The summed E-state index contributed by atoms with van der Waals surface area (Å²) in [5.74, 6) is -0.542. The van der Waals surface area contributed by atoms with Gasteiger partial charge in [-0.1, -0.05) is 47.5 Å². The van der Waals surface area contributed by atoms with Gasteiger partial charge in [0.2, 0.25) is 11.8 Å². The molecule has 1 saturated carbocycles. The van der Waals surface area contributed by atoms with E-state index in [2.05, 4.69) is 10.6 Å². The van der Waals surface area contributed by atoms with Crippen LogP contribution in [-0.4, -0.2) is 11.8 Å². The minimum atomic E-state index is -0.218. The van der Waals surface area contributed by atoms with Crippen LogP contribution in [0.3, 0.4) is 0 Å². The van der Waals surface area contributed by atoms with Crippen molar-refractivity contribution in [3.05, 3.63) is 65.2 Å². The molecule has 0 heterocycles. The zero-order valence-corrected chi connectivity index (χ0v) is 14.0. The summed E-state index contributed by atoms with van der Waals surface area (Å²) in [4.78, 5) is 24.4. The van der Waals surface area contributed by atoms with Gasteiger partial charge < -0.3 is 10.6 Å². The third-order valence-corrected chi connectivity index (χ3v) is 4.37. The number of hydrogen-bond acceptors (Lipinski definition) is 2. The van der Waals surface area contributed by atoms with E-state index < -0.39 is 0 Å². The van der Waals surface area contributed by atoms with Crippen molar-refractivity contribution in [3.63, 3.8) is 0 Å². The van der Waals surface area contributed by atoms with E-state index in [1.54, 1.807) is 0 Å².